The van der Waals surface area contributed by atoms with Gasteiger partial charge < -0.3 is 10.2 Å². The van der Waals surface area contributed by atoms with Crippen LogP contribution in [-0.4, -0.2) is 43.8 Å². The summed E-state index contributed by atoms with van der Waals surface area (Å²) in [6.07, 6.45) is 0.951. The first kappa shape index (κ1) is 34.0. The number of aryl methyl sites for hydroxylation is 1. The average Bonchev–Trinajstić information content (AvgIpc) is 3.03. The number of anilines is 1. The van der Waals surface area contributed by atoms with Gasteiger partial charge in [-0.15, -0.1) is 0 Å². The summed E-state index contributed by atoms with van der Waals surface area (Å²) in [6, 6.07) is 28.2. The molecule has 0 aliphatic rings. The van der Waals surface area contributed by atoms with Gasteiger partial charge in [-0.3, -0.25) is 13.9 Å². The van der Waals surface area contributed by atoms with Crippen molar-refractivity contribution in [2.75, 3.05) is 10.8 Å². The van der Waals surface area contributed by atoms with Crippen molar-refractivity contribution in [3.63, 3.8) is 0 Å². The predicted molar refractivity (Wildman–Crippen MR) is 181 cm³/mol. The van der Waals surface area contributed by atoms with Gasteiger partial charge in [0.2, 0.25) is 11.8 Å². The Kier molecular flexibility index (Phi) is 11.7. The standard InChI is InChI=1S/C35H37Cl2N3O4S/c1-4-26-18-20-28(21-19-26)40(45(43,44)29-14-9-6-10-15-29)24-34(41)39(23-30-31(36)16-11-17-32(30)37)33(35(42)38-25(2)3)22-27-12-7-5-8-13-27/h5-21,25,33H,4,22-24H2,1-3H3,(H,38,42). The van der Waals surface area contributed by atoms with E-state index in [1.54, 1.807) is 48.5 Å². The van der Waals surface area contributed by atoms with Crippen LogP contribution in [0, 0.1) is 0 Å². The molecule has 0 saturated heterocycles. The van der Waals surface area contributed by atoms with Crippen molar-refractivity contribution in [1.29, 1.82) is 0 Å². The van der Waals surface area contributed by atoms with Crippen molar-refractivity contribution in [1.82, 2.24) is 10.2 Å². The fourth-order valence-corrected chi connectivity index (χ4v) is 6.89. The molecule has 0 bridgehead atoms. The normalized spacial score (nSPS) is 12.0. The number of halogens is 2. The van der Waals surface area contributed by atoms with Crippen molar-refractivity contribution >= 4 is 50.7 Å². The third-order valence-electron chi connectivity index (χ3n) is 7.33. The number of nitrogens with zero attached hydrogens (tertiary/aromatic N) is 2. The lowest BCUT2D eigenvalue weighted by Crippen LogP contribution is -2.54. The van der Waals surface area contributed by atoms with Gasteiger partial charge in [0.1, 0.15) is 12.6 Å². The quantitative estimate of drug-likeness (QED) is 0.168. The third-order valence-corrected chi connectivity index (χ3v) is 9.83. The van der Waals surface area contributed by atoms with Crippen LogP contribution < -0.4 is 9.62 Å². The minimum Gasteiger partial charge on any atom is -0.352 e. The molecule has 0 saturated carbocycles. The van der Waals surface area contributed by atoms with Gasteiger partial charge in [-0.25, -0.2) is 8.42 Å². The summed E-state index contributed by atoms with van der Waals surface area (Å²) in [5, 5.41) is 3.59. The van der Waals surface area contributed by atoms with Gasteiger partial charge >= 0.3 is 0 Å². The molecule has 0 aromatic heterocycles. The minimum absolute atomic E-state index is 0.0384. The van der Waals surface area contributed by atoms with Gasteiger partial charge in [0.25, 0.3) is 10.0 Å². The lowest BCUT2D eigenvalue weighted by Gasteiger charge is -2.34. The Morgan fingerprint density at radius 1 is 0.778 bits per heavy atom. The molecular weight excluding hydrogens is 629 g/mol. The molecule has 236 valence electrons. The summed E-state index contributed by atoms with van der Waals surface area (Å²) < 4.78 is 29.3. The van der Waals surface area contributed by atoms with Crippen LogP contribution in [0.3, 0.4) is 0 Å². The monoisotopic (exact) mass is 665 g/mol. The lowest BCUT2D eigenvalue weighted by atomic mass is 10.0. The highest BCUT2D eigenvalue weighted by Gasteiger charge is 2.35. The van der Waals surface area contributed by atoms with E-state index in [4.69, 9.17) is 23.2 Å². The smallest absolute Gasteiger partial charge is 0.264 e. The molecule has 10 heteroatoms. The van der Waals surface area contributed by atoms with Gasteiger partial charge in [-0.1, -0.05) is 96.9 Å². The Morgan fingerprint density at radius 3 is 1.91 bits per heavy atom. The molecule has 0 fully saturated rings. The number of hydrogen-bond acceptors (Lipinski definition) is 4. The van der Waals surface area contributed by atoms with Crippen LogP contribution in [0.2, 0.25) is 10.0 Å². The zero-order valence-corrected chi connectivity index (χ0v) is 27.8. The van der Waals surface area contributed by atoms with Crippen LogP contribution in [0.5, 0.6) is 0 Å². The second-order valence-corrected chi connectivity index (χ2v) is 13.6. The molecule has 0 aliphatic heterocycles. The van der Waals surface area contributed by atoms with E-state index < -0.39 is 28.5 Å². The SMILES string of the molecule is CCc1ccc(N(CC(=O)N(Cc2c(Cl)cccc2Cl)C(Cc2ccccc2)C(=O)NC(C)C)S(=O)(=O)c2ccccc2)cc1. The Labute approximate surface area is 275 Å². The molecular formula is C35H37Cl2N3O4S. The number of nitrogens with one attached hydrogen (secondary N) is 1. The molecule has 4 aromatic rings. The molecule has 7 nitrogen and oxygen atoms in total. The largest absolute Gasteiger partial charge is 0.352 e. The van der Waals surface area contributed by atoms with Gasteiger partial charge in [0.05, 0.1) is 10.6 Å². The molecule has 0 heterocycles. The van der Waals surface area contributed by atoms with E-state index in [9.17, 15) is 18.0 Å². The summed E-state index contributed by atoms with van der Waals surface area (Å²) >= 11 is 13.1. The van der Waals surface area contributed by atoms with Crippen LogP contribution in [0.1, 0.15) is 37.5 Å². The summed E-state index contributed by atoms with van der Waals surface area (Å²) in [6.45, 7) is 4.99. The molecule has 0 spiro atoms. The zero-order chi connectivity index (χ0) is 32.6. The number of rotatable bonds is 13. The van der Waals surface area contributed by atoms with E-state index >= 15 is 0 Å². The van der Waals surface area contributed by atoms with E-state index in [1.807, 2.05) is 63.2 Å². The van der Waals surface area contributed by atoms with Crippen molar-refractivity contribution in [2.45, 2.75) is 57.1 Å². The maximum Gasteiger partial charge on any atom is 0.264 e. The van der Waals surface area contributed by atoms with Crippen molar-refractivity contribution in [2.24, 2.45) is 0 Å². The van der Waals surface area contributed by atoms with E-state index in [2.05, 4.69) is 5.32 Å². The molecule has 45 heavy (non-hydrogen) atoms. The lowest BCUT2D eigenvalue weighted by molar-refractivity contribution is -0.140. The first-order valence-electron chi connectivity index (χ1n) is 14.7. The van der Waals surface area contributed by atoms with E-state index in [0.717, 1.165) is 21.9 Å². The Bertz CT molecular complexity index is 1680. The summed E-state index contributed by atoms with van der Waals surface area (Å²) in [7, 11) is -4.18. The number of hydrogen-bond donors (Lipinski definition) is 1. The van der Waals surface area contributed by atoms with Crippen LogP contribution >= 0.6 is 23.2 Å². The van der Waals surface area contributed by atoms with Crippen LogP contribution in [0.4, 0.5) is 5.69 Å². The first-order valence-corrected chi connectivity index (χ1v) is 16.9. The maximum atomic E-state index is 14.5. The van der Waals surface area contributed by atoms with E-state index in [1.165, 1.54) is 17.0 Å². The fourth-order valence-electron chi connectivity index (χ4n) is 4.93. The Hall–Kier alpha value is -3.85. The Balaban J connectivity index is 1.83. The number of carbonyl (C=O) groups excluding carboxylic acids is 2. The average molecular weight is 667 g/mol. The first-order chi connectivity index (χ1) is 21.5. The molecule has 4 rings (SSSR count). The van der Waals surface area contributed by atoms with Gasteiger partial charge in [0, 0.05) is 34.6 Å². The highest BCUT2D eigenvalue weighted by molar-refractivity contribution is 7.92. The summed E-state index contributed by atoms with van der Waals surface area (Å²) in [4.78, 5) is 29.8. The van der Waals surface area contributed by atoms with Gasteiger partial charge in [-0.2, -0.15) is 0 Å². The Morgan fingerprint density at radius 2 is 1.36 bits per heavy atom. The van der Waals surface area contributed by atoms with Gasteiger partial charge in [0.15, 0.2) is 0 Å². The minimum atomic E-state index is -4.18. The van der Waals surface area contributed by atoms with Crippen molar-refractivity contribution in [3.8, 4) is 0 Å². The molecule has 4 aromatic carbocycles. The van der Waals surface area contributed by atoms with Crippen LogP contribution in [-0.2, 0) is 39.0 Å². The second-order valence-electron chi connectivity index (χ2n) is 10.9. The van der Waals surface area contributed by atoms with Crippen molar-refractivity contribution in [3.05, 3.63) is 130 Å². The zero-order valence-electron chi connectivity index (χ0n) is 25.5. The van der Waals surface area contributed by atoms with Crippen LogP contribution in [0.25, 0.3) is 0 Å². The van der Waals surface area contributed by atoms with Gasteiger partial charge in [-0.05, 0) is 67.8 Å². The van der Waals surface area contributed by atoms with Crippen molar-refractivity contribution < 1.29 is 18.0 Å². The highest BCUT2D eigenvalue weighted by Crippen LogP contribution is 2.29. The number of carbonyl (C=O) groups is 2. The van der Waals surface area contributed by atoms with E-state index in [0.29, 0.717) is 21.3 Å². The van der Waals surface area contributed by atoms with Crippen LogP contribution in [0.15, 0.2) is 108 Å². The number of sulfonamides is 1. The van der Waals surface area contributed by atoms with E-state index in [-0.39, 0.29) is 29.8 Å². The predicted octanol–water partition coefficient (Wildman–Crippen LogP) is 6.92. The highest BCUT2D eigenvalue weighted by atomic mass is 35.5. The molecule has 1 unspecified atom stereocenters. The topological polar surface area (TPSA) is 86.8 Å². The molecule has 0 aliphatic carbocycles. The summed E-state index contributed by atoms with van der Waals surface area (Å²) in [5.41, 5.74) is 2.62. The molecule has 2 amide bonds. The molecule has 0 radical (unpaired) electrons. The molecule has 1 N–H and O–H groups in total. The fraction of sp³-hybridized carbons (Fsp3) is 0.257. The third kappa shape index (κ3) is 8.66. The summed E-state index contributed by atoms with van der Waals surface area (Å²) in [5.74, 6) is -0.972. The second kappa shape index (κ2) is 15.4. The molecule has 1 atom stereocenters. The maximum absolute atomic E-state index is 14.5. The number of benzene rings is 4. The number of amides is 2.